The van der Waals surface area contributed by atoms with E-state index in [1.165, 1.54) is 31.5 Å². The third kappa shape index (κ3) is 3.11. The third-order valence-corrected chi connectivity index (χ3v) is 6.80. The second-order valence-electron chi connectivity index (χ2n) is 7.25. The minimum atomic E-state index is -4.25. The lowest BCUT2D eigenvalue weighted by Gasteiger charge is -2.13. The highest BCUT2D eigenvalue weighted by molar-refractivity contribution is 7.87. The van der Waals surface area contributed by atoms with Gasteiger partial charge in [0.25, 0.3) is 0 Å². The molecule has 2 aromatic carbocycles. The Morgan fingerprint density at radius 2 is 1.72 bits per heavy atom. The van der Waals surface area contributed by atoms with E-state index in [4.69, 9.17) is 20.5 Å². The molecule has 2 aromatic heterocycles. The molecule has 0 fully saturated rings. The first kappa shape index (κ1) is 20.4. The fourth-order valence-electron chi connectivity index (χ4n) is 3.73. The molecule has 0 saturated carbocycles. The number of hydrogen-bond acceptors (Lipinski definition) is 7. The number of halogens is 1. The van der Waals surface area contributed by atoms with Crippen molar-refractivity contribution < 1.29 is 22.1 Å². The van der Waals surface area contributed by atoms with Gasteiger partial charge in [0.15, 0.2) is 5.78 Å². The number of rotatable bonds is 4. The van der Waals surface area contributed by atoms with Crippen LogP contribution >= 0.6 is 11.6 Å². The van der Waals surface area contributed by atoms with Gasteiger partial charge < -0.3 is 8.92 Å². The summed E-state index contributed by atoms with van der Waals surface area (Å²) in [6.07, 6.45) is 1.42. The molecule has 0 atom stereocenters. The lowest BCUT2D eigenvalue weighted by Crippen LogP contribution is -2.13. The molecule has 1 aliphatic rings. The largest absolute Gasteiger partial charge is 0.497 e. The smallest absolute Gasteiger partial charge is 0.340 e. The van der Waals surface area contributed by atoms with E-state index in [9.17, 15) is 13.2 Å². The van der Waals surface area contributed by atoms with Crippen LogP contribution in [0.3, 0.4) is 0 Å². The van der Waals surface area contributed by atoms with Crippen molar-refractivity contribution in [1.82, 2.24) is 9.97 Å². The first-order chi connectivity index (χ1) is 15.3. The van der Waals surface area contributed by atoms with Crippen molar-refractivity contribution in [2.24, 2.45) is 0 Å². The van der Waals surface area contributed by atoms with Crippen LogP contribution in [0.5, 0.6) is 11.6 Å². The average molecular weight is 467 g/mol. The van der Waals surface area contributed by atoms with E-state index in [1.54, 1.807) is 30.3 Å². The van der Waals surface area contributed by atoms with Gasteiger partial charge in [-0.15, -0.1) is 0 Å². The number of methoxy groups -OCH3 is 1. The Labute approximate surface area is 188 Å². The maximum Gasteiger partial charge on any atom is 0.340 e. The van der Waals surface area contributed by atoms with Crippen LogP contribution in [-0.2, 0) is 10.1 Å². The Morgan fingerprint density at radius 3 is 2.44 bits per heavy atom. The zero-order chi connectivity index (χ0) is 22.6. The summed E-state index contributed by atoms with van der Waals surface area (Å²) in [5.74, 6) is -0.239. The topological polar surface area (TPSA) is 95.5 Å². The van der Waals surface area contributed by atoms with Crippen molar-refractivity contribution in [3.05, 3.63) is 76.6 Å². The van der Waals surface area contributed by atoms with Crippen LogP contribution in [0.4, 0.5) is 0 Å². The molecule has 0 spiro atoms. The standard InChI is InChI=1S/C23H15ClN2O5S/c1-12-3-6-14(7-4-12)32(28,29)31-23-20-18(15-8-5-13(30-2)11-17(15)26-23)19-16(21(20)27)9-10-25-22(19)24/h3-11H,1-2H3. The maximum atomic E-state index is 13.3. The minimum Gasteiger partial charge on any atom is -0.497 e. The fourth-order valence-corrected chi connectivity index (χ4v) is 4.88. The number of aromatic nitrogens is 2. The minimum absolute atomic E-state index is 0.0308. The molecule has 9 heteroatoms. The van der Waals surface area contributed by atoms with Crippen molar-refractivity contribution >= 4 is 38.4 Å². The lowest BCUT2D eigenvalue weighted by molar-refractivity contribution is 0.104. The number of benzene rings is 2. The summed E-state index contributed by atoms with van der Waals surface area (Å²) in [4.78, 5) is 21.7. The molecule has 0 unspecified atom stereocenters. The second kappa shape index (κ2) is 7.29. The highest BCUT2D eigenvalue weighted by atomic mass is 35.5. The summed E-state index contributed by atoms with van der Waals surface area (Å²) < 4.78 is 36.7. The molecule has 0 N–H and O–H groups in total. The molecule has 0 bridgehead atoms. The second-order valence-corrected chi connectivity index (χ2v) is 9.16. The first-order valence-electron chi connectivity index (χ1n) is 9.52. The third-order valence-electron chi connectivity index (χ3n) is 5.28. The van der Waals surface area contributed by atoms with Gasteiger partial charge in [-0.05, 0) is 37.3 Å². The Kier molecular flexibility index (Phi) is 4.65. The summed E-state index contributed by atoms with van der Waals surface area (Å²) in [6, 6.07) is 12.8. The molecule has 0 aliphatic heterocycles. The predicted octanol–water partition coefficient (Wildman–Crippen LogP) is 4.58. The van der Waals surface area contributed by atoms with Crippen LogP contribution in [0.2, 0.25) is 5.15 Å². The van der Waals surface area contributed by atoms with Crippen LogP contribution in [0.15, 0.2) is 59.6 Å². The van der Waals surface area contributed by atoms with Crippen molar-refractivity contribution in [2.75, 3.05) is 7.11 Å². The molecule has 5 rings (SSSR count). The Bertz CT molecular complexity index is 1530. The zero-order valence-electron chi connectivity index (χ0n) is 16.9. The molecular weight excluding hydrogens is 452 g/mol. The Morgan fingerprint density at radius 1 is 0.969 bits per heavy atom. The number of pyridine rings is 2. The monoisotopic (exact) mass is 466 g/mol. The van der Waals surface area contributed by atoms with E-state index in [1.807, 2.05) is 6.92 Å². The molecule has 2 heterocycles. The van der Waals surface area contributed by atoms with E-state index < -0.39 is 15.9 Å². The normalized spacial score (nSPS) is 12.5. The van der Waals surface area contributed by atoms with E-state index in [0.29, 0.717) is 33.3 Å². The molecular formula is C23H15ClN2O5S. The summed E-state index contributed by atoms with van der Waals surface area (Å²) >= 11 is 6.35. The van der Waals surface area contributed by atoms with Gasteiger partial charge in [0.05, 0.1) is 18.2 Å². The number of ketones is 1. The Hall–Kier alpha value is -3.49. The molecule has 0 radical (unpaired) electrons. The van der Waals surface area contributed by atoms with Gasteiger partial charge >= 0.3 is 10.1 Å². The molecule has 7 nitrogen and oxygen atoms in total. The van der Waals surface area contributed by atoms with E-state index in [-0.39, 0.29) is 21.5 Å². The SMILES string of the molecule is COc1ccc2c3c(c(OS(=O)(=O)c4ccc(C)cc4)nc2c1)C(=O)c1ccnc(Cl)c1-3. The summed E-state index contributed by atoms with van der Waals surface area (Å²) in [5.41, 5.74) is 2.48. The van der Waals surface area contributed by atoms with Crippen LogP contribution in [-0.4, -0.2) is 31.3 Å². The van der Waals surface area contributed by atoms with Gasteiger partial charge in [-0.3, -0.25) is 4.79 Å². The lowest BCUT2D eigenvalue weighted by atomic mass is 10.0. The van der Waals surface area contributed by atoms with Crippen molar-refractivity contribution in [3.8, 4) is 22.8 Å². The number of ether oxygens (including phenoxy) is 1. The predicted molar refractivity (Wildman–Crippen MR) is 119 cm³/mol. The maximum absolute atomic E-state index is 13.3. The molecule has 4 aromatic rings. The summed E-state index contributed by atoms with van der Waals surface area (Å²) in [6.45, 7) is 1.84. The quantitative estimate of drug-likeness (QED) is 0.282. The molecule has 32 heavy (non-hydrogen) atoms. The van der Waals surface area contributed by atoms with Crippen LogP contribution in [0, 0.1) is 6.92 Å². The van der Waals surface area contributed by atoms with Gasteiger partial charge in [0, 0.05) is 34.3 Å². The molecule has 1 aliphatic carbocycles. The summed E-state index contributed by atoms with van der Waals surface area (Å²) in [5, 5.41) is 0.730. The van der Waals surface area contributed by atoms with E-state index >= 15 is 0 Å². The number of fused-ring (bicyclic) bond motifs is 5. The van der Waals surface area contributed by atoms with Crippen molar-refractivity contribution in [2.45, 2.75) is 11.8 Å². The molecule has 0 amide bonds. The number of carbonyl (C=O) groups is 1. The molecule has 160 valence electrons. The highest BCUT2D eigenvalue weighted by Gasteiger charge is 2.36. The zero-order valence-corrected chi connectivity index (χ0v) is 18.5. The average Bonchev–Trinajstić information content (AvgIpc) is 3.08. The van der Waals surface area contributed by atoms with E-state index in [2.05, 4.69) is 9.97 Å². The number of carbonyl (C=O) groups excluding carboxylic acids is 1. The number of hydrogen-bond donors (Lipinski definition) is 0. The first-order valence-corrected chi connectivity index (χ1v) is 11.3. The van der Waals surface area contributed by atoms with Crippen molar-refractivity contribution in [3.63, 3.8) is 0 Å². The Balaban J connectivity index is 1.79. The van der Waals surface area contributed by atoms with Gasteiger partial charge in [0.1, 0.15) is 15.8 Å². The fraction of sp³-hybridized carbons (Fsp3) is 0.0870. The van der Waals surface area contributed by atoms with Gasteiger partial charge in [-0.25, -0.2) is 9.97 Å². The number of nitrogens with zero attached hydrogens (tertiary/aromatic N) is 2. The number of aryl methyl sites for hydroxylation is 1. The molecule has 0 saturated heterocycles. The highest BCUT2D eigenvalue weighted by Crippen LogP contribution is 2.47. The van der Waals surface area contributed by atoms with Gasteiger partial charge in [-0.2, -0.15) is 8.42 Å². The summed E-state index contributed by atoms with van der Waals surface area (Å²) in [7, 11) is -2.74. The van der Waals surface area contributed by atoms with Crippen LogP contribution in [0.25, 0.3) is 22.0 Å². The van der Waals surface area contributed by atoms with Gasteiger partial charge in [0.2, 0.25) is 5.88 Å². The van der Waals surface area contributed by atoms with Crippen LogP contribution in [0.1, 0.15) is 21.5 Å². The van der Waals surface area contributed by atoms with Crippen LogP contribution < -0.4 is 8.92 Å². The van der Waals surface area contributed by atoms with E-state index in [0.717, 1.165) is 5.56 Å². The van der Waals surface area contributed by atoms with Gasteiger partial charge in [-0.1, -0.05) is 29.3 Å². The van der Waals surface area contributed by atoms with Crippen molar-refractivity contribution in [1.29, 1.82) is 0 Å².